The van der Waals surface area contributed by atoms with Crippen LogP contribution in [0.2, 0.25) is 0 Å². The van der Waals surface area contributed by atoms with Crippen molar-refractivity contribution in [3.05, 3.63) is 70.8 Å². The van der Waals surface area contributed by atoms with Gasteiger partial charge in [-0.1, -0.05) is 48.0 Å². The van der Waals surface area contributed by atoms with Gasteiger partial charge in [0.2, 0.25) is 0 Å². The van der Waals surface area contributed by atoms with Crippen LogP contribution in [0, 0.1) is 5.41 Å². The number of methoxy groups -OCH3 is 1. The van der Waals surface area contributed by atoms with Crippen LogP contribution < -0.4 is 4.74 Å². The zero-order chi connectivity index (χ0) is 20.4. The SMILES string of the molecule is COC(=O)C(C)(C)CN1CCC(=C2c3ccccc3COc3ccccc32)CC1. The second-order valence-corrected chi connectivity index (χ2v) is 8.57. The van der Waals surface area contributed by atoms with Crippen LogP contribution in [-0.2, 0) is 16.1 Å². The summed E-state index contributed by atoms with van der Waals surface area (Å²) >= 11 is 0. The number of likely N-dealkylation sites (tertiary alicyclic amines) is 1. The van der Waals surface area contributed by atoms with Crippen LogP contribution in [0.15, 0.2) is 54.1 Å². The summed E-state index contributed by atoms with van der Waals surface area (Å²) in [7, 11) is 1.46. The Labute approximate surface area is 173 Å². The van der Waals surface area contributed by atoms with E-state index in [1.54, 1.807) is 0 Å². The number of nitrogens with zero attached hydrogens (tertiary/aromatic N) is 1. The van der Waals surface area contributed by atoms with Crippen molar-refractivity contribution in [3.63, 3.8) is 0 Å². The van der Waals surface area contributed by atoms with E-state index in [9.17, 15) is 4.79 Å². The van der Waals surface area contributed by atoms with Crippen molar-refractivity contribution in [2.24, 2.45) is 5.41 Å². The van der Waals surface area contributed by atoms with E-state index in [4.69, 9.17) is 9.47 Å². The van der Waals surface area contributed by atoms with Crippen molar-refractivity contribution in [1.82, 2.24) is 4.90 Å². The van der Waals surface area contributed by atoms with E-state index >= 15 is 0 Å². The first kappa shape index (κ1) is 19.7. The normalized spacial score (nSPS) is 17.1. The Bertz CT molecular complexity index is 885. The highest BCUT2D eigenvalue weighted by molar-refractivity contribution is 5.87. The zero-order valence-corrected chi connectivity index (χ0v) is 17.5. The molecule has 2 heterocycles. The second-order valence-electron chi connectivity index (χ2n) is 8.57. The highest BCUT2D eigenvalue weighted by atomic mass is 16.5. The number of rotatable bonds is 3. The lowest BCUT2D eigenvalue weighted by Gasteiger charge is -2.35. The molecular formula is C25H29NO3. The smallest absolute Gasteiger partial charge is 0.312 e. The fraction of sp³-hybridized carbons (Fsp3) is 0.400. The number of hydrogen-bond acceptors (Lipinski definition) is 4. The molecule has 0 unspecified atom stereocenters. The maximum Gasteiger partial charge on any atom is 0.312 e. The summed E-state index contributed by atoms with van der Waals surface area (Å²) in [5.74, 6) is 0.811. The molecule has 0 spiro atoms. The third kappa shape index (κ3) is 3.95. The molecule has 29 heavy (non-hydrogen) atoms. The van der Waals surface area contributed by atoms with Crippen LogP contribution in [-0.4, -0.2) is 37.6 Å². The lowest BCUT2D eigenvalue weighted by atomic mass is 9.85. The largest absolute Gasteiger partial charge is 0.488 e. The predicted molar refractivity (Wildman–Crippen MR) is 115 cm³/mol. The summed E-state index contributed by atoms with van der Waals surface area (Å²) in [5, 5.41) is 0. The predicted octanol–water partition coefficient (Wildman–Crippen LogP) is 4.68. The topological polar surface area (TPSA) is 38.8 Å². The average Bonchev–Trinajstić information content (AvgIpc) is 2.90. The molecule has 4 rings (SSSR count). The number of piperidine rings is 1. The first-order valence-corrected chi connectivity index (χ1v) is 10.3. The lowest BCUT2D eigenvalue weighted by Crippen LogP contribution is -2.42. The first-order chi connectivity index (χ1) is 14.0. The summed E-state index contributed by atoms with van der Waals surface area (Å²) in [5.41, 5.74) is 6.03. The van der Waals surface area contributed by atoms with E-state index in [-0.39, 0.29) is 5.97 Å². The van der Waals surface area contributed by atoms with E-state index in [1.165, 1.54) is 34.9 Å². The van der Waals surface area contributed by atoms with Gasteiger partial charge < -0.3 is 14.4 Å². The Balaban J connectivity index is 1.64. The maximum atomic E-state index is 12.1. The second kappa shape index (κ2) is 8.03. The molecule has 1 fully saturated rings. The third-order valence-corrected chi connectivity index (χ3v) is 6.00. The minimum absolute atomic E-state index is 0.148. The van der Waals surface area contributed by atoms with Crippen molar-refractivity contribution in [2.75, 3.05) is 26.7 Å². The Kier molecular flexibility index (Phi) is 5.46. The van der Waals surface area contributed by atoms with Crippen LogP contribution in [0.25, 0.3) is 5.57 Å². The standard InChI is InChI=1S/C25H29NO3/c1-25(2,24(27)28-3)17-26-14-12-18(13-15-26)23-20-9-5-4-8-19(20)16-29-22-11-7-6-10-21(22)23/h4-11H,12-17H2,1-3H3. The molecule has 2 aromatic rings. The van der Waals surface area contributed by atoms with Gasteiger partial charge in [-0.15, -0.1) is 0 Å². The van der Waals surface area contributed by atoms with Crippen LogP contribution in [0.1, 0.15) is 43.4 Å². The molecule has 1 saturated heterocycles. The highest BCUT2D eigenvalue weighted by Crippen LogP contribution is 2.41. The number of ether oxygens (including phenoxy) is 2. The average molecular weight is 392 g/mol. The molecule has 2 aromatic carbocycles. The molecule has 0 atom stereocenters. The lowest BCUT2D eigenvalue weighted by molar-refractivity contribution is -0.151. The van der Waals surface area contributed by atoms with Crippen LogP contribution in [0.4, 0.5) is 0 Å². The van der Waals surface area contributed by atoms with Crippen LogP contribution >= 0.6 is 0 Å². The third-order valence-electron chi connectivity index (χ3n) is 6.00. The summed E-state index contributed by atoms with van der Waals surface area (Å²) in [4.78, 5) is 14.4. The van der Waals surface area contributed by atoms with Gasteiger partial charge in [0.15, 0.2) is 0 Å². The van der Waals surface area contributed by atoms with E-state index in [2.05, 4.69) is 47.4 Å². The van der Waals surface area contributed by atoms with Crippen molar-refractivity contribution < 1.29 is 14.3 Å². The Hall–Kier alpha value is -2.59. The summed E-state index contributed by atoms with van der Waals surface area (Å²) in [6.45, 7) is 7.14. The maximum absolute atomic E-state index is 12.1. The summed E-state index contributed by atoms with van der Waals surface area (Å²) in [6.07, 6.45) is 1.99. The minimum Gasteiger partial charge on any atom is -0.488 e. The number of carbonyl (C=O) groups excluding carboxylic acids is 1. The molecule has 0 bridgehead atoms. The van der Waals surface area contributed by atoms with Gasteiger partial charge in [0, 0.05) is 25.2 Å². The van der Waals surface area contributed by atoms with E-state index in [0.717, 1.165) is 38.2 Å². The van der Waals surface area contributed by atoms with Gasteiger partial charge >= 0.3 is 5.97 Å². The van der Waals surface area contributed by atoms with Crippen molar-refractivity contribution in [3.8, 4) is 5.75 Å². The number of esters is 1. The molecule has 0 amide bonds. The van der Waals surface area contributed by atoms with Crippen molar-refractivity contribution in [1.29, 1.82) is 0 Å². The molecule has 2 aliphatic rings. The summed E-state index contributed by atoms with van der Waals surface area (Å²) < 4.78 is 11.1. The van der Waals surface area contributed by atoms with Gasteiger partial charge in [-0.05, 0) is 49.5 Å². The number of carbonyl (C=O) groups is 1. The van der Waals surface area contributed by atoms with Gasteiger partial charge in [0.25, 0.3) is 0 Å². The number of fused-ring (bicyclic) bond motifs is 2. The van der Waals surface area contributed by atoms with Crippen molar-refractivity contribution >= 4 is 11.5 Å². The fourth-order valence-corrected chi connectivity index (χ4v) is 4.50. The molecule has 152 valence electrons. The van der Waals surface area contributed by atoms with Crippen LogP contribution in [0.3, 0.4) is 0 Å². The molecule has 2 aliphatic heterocycles. The van der Waals surface area contributed by atoms with Gasteiger partial charge in [-0.25, -0.2) is 0 Å². The molecule has 0 saturated carbocycles. The van der Waals surface area contributed by atoms with E-state index in [1.807, 2.05) is 19.9 Å². The van der Waals surface area contributed by atoms with Crippen LogP contribution in [0.5, 0.6) is 5.75 Å². The number of hydrogen-bond donors (Lipinski definition) is 0. The molecular weight excluding hydrogens is 362 g/mol. The minimum atomic E-state index is -0.491. The van der Waals surface area contributed by atoms with Gasteiger partial charge in [0.05, 0.1) is 12.5 Å². The Morgan fingerprint density at radius 2 is 1.69 bits per heavy atom. The van der Waals surface area contributed by atoms with E-state index in [0.29, 0.717) is 6.61 Å². The first-order valence-electron chi connectivity index (χ1n) is 10.3. The monoisotopic (exact) mass is 391 g/mol. The van der Waals surface area contributed by atoms with Crippen molar-refractivity contribution in [2.45, 2.75) is 33.3 Å². The molecule has 4 nitrogen and oxygen atoms in total. The number of benzene rings is 2. The highest BCUT2D eigenvalue weighted by Gasteiger charge is 2.32. The molecule has 0 N–H and O–H groups in total. The molecule has 0 aliphatic carbocycles. The zero-order valence-electron chi connectivity index (χ0n) is 17.5. The van der Waals surface area contributed by atoms with E-state index < -0.39 is 5.41 Å². The molecule has 0 aromatic heterocycles. The van der Waals surface area contributed by atoms with Gasteiger partial charge in [-0.3, -0.25) is 4.79 Å². The molecule has 0 radical (unpaired) electrons. The Morgan fingerprint density at radius 3 is 2.41 bits per heavy atom. The summed E-state index contributed by atoms with van der Waals surface area (Å²) in [6, 6.07) is 16.9. The number of para-hydroxylation sites is 1. The fourth-order valence-electron chi connectivity index (χ4n) is 4.50. The van der Waals surface area contributed by atoms with Gasteiger partial charge in [0.1, 0.15) is 12.4 Å². The van der Waals surface area contributed by atoms with Gasteiger partial charge in [-0.2, -0.15) is 0 Å². The molecule has 4 heteroatoms. The Morgan fingerprint density at radius 1 is 1.03 bits per heavy atom. The quantitative estimate of drug-likeness (QED) is 0.713.